The van der Waals surface area contributed by atoms with Crippen LogP contribution in [-0.4, -0.2) is 28.7 Å². The quantitative estimate of drug-likeness (QED) is 0.732. The number of rotatable bonds is 5. The summed E-state index contributed by atoms with van der Waals surface area (Å²) >= 11 is 0. The van der Waals surface area contributed by atoms with E-state index in [-0.39, 0.29) is 24.7 Å². The SMILES string of the molecule is CCOC(=O)CCC(=O)Nc1[nH]ncc1C. The highest BCUT2D eigenvalue weighted by Gasteiger charge is 2.09. The summed E-state index contributed by atoms with van der Waals surface area (Å²) in [5.74, 6) is -0.0340. The minimum atomic E-state index is -0.362. The number of aromatic nitrogens is 2. The normalized spacial score (nSPS) is 9.88. The zero-order chi connectivity index (χ0) is 12.0. The zero-order valence-electron chi connectivity index (χ0n) is 9.37. The molecular formula is C10H15N3O3. The number of H-pyrrole nitrogens is 1. The van der Waals surface area contributed by atoms with Crippen molar-refractivity contribution in [2.24, 2.45) is 0 Å². The van der Waals surface area contributed by atoms with Gasteiger partial charge in [0.2, 0.25) is 5.91 Å². The summed E-state index contributed by atoms with van der Waals surface area (Å²) < 4.78 is 4.71. The third-order valence-corrected chi connectivity index (χ3v) is 1.95. The van der Waals surface area contributed by atoms with Gasteiger partial charge in [0.1, 0.15) is 5.82 Å². The number of anilines is 1. The molecule has 0 unspecified atom stereocenters. The second-order valence-electron chi connectivity index (χ2n) is 3.28. The fraction of sp³-hybridized carbons (Fsp3) is 0.500. The molecule has 6 nitrogen and oxygen atoms in total. The lowest BCUT2D eigenvalue weighted by atomic mass is 10.3. The molecule has 0 saturated heterocycles. The van der Waals surface area contributed by atoms with E-state index in [4.69, 9.17) is 4.74 Å². The molecule has 0 aromatic carbocycles. The van der Waals surface area contributed by atoms with Crippen LogP contribution < -0.4 is 5.32 Å². The molecule has 1 amide bonds. The Labute approximate surface area is 93.4 Å². The first-order chi connectivity index (χ1) is 7.63. The number of ether oxygens (including phenoxy) is 1. The number of nitrogens with zero attached hydrogens (tertiary/aromatic N) is 1. The summed E-state index contributed by atoms with van der Waals surface area (Å²) in [4.78, 5) is 22.4. The van der Waals surface area contributed by atoms with Crippen LogP contribution in [0.5, 0.6) is 0 Å². The van der Waals surface area contributed by atoms with E-state index in [9.17, 15) is 9.59 Å². The fourth-order valence-electron chi connectivity index (χ4n) is 1.12. The van der Waals surface area contributed by atoms with Crippen molar-refractivity contribution in [2.75, 3.05) is 11.9 Å². The lowest BCUT2D eigenvalue weighted by molar-refractivity contribution is -0.144. The van der Waals surface area contributed by atoms with E-state index < -0.39 is 0 Å². The number of aromatic amines is 1. The fourth-order valence-corrected chi connectivity index (χ4v) is 1.12. The summed E-state index contributed by atoms with van der Waals surface area (Å²) in [6.45, 7) is 3.89. The third-order valence-electron chi connectivity index (χ3n) is 1.95. The molecule has 0 fully saturated rings. The molecule has 0 aliphatic rings. The first-order valence-electron chi connectivity index (χ1n) is 5.09. The summed E-state index contributed by atoms with van der Waals surface area (Å²) in [7, 11) is 0. The first kappa shape index (κ1) is 12.2. The molecule has 0 radical (unpaired) electrons. The Hall–Kier alpha value is -1.85. The van der Waals surface area contributed by atoms with Crippen LogP contribution in [0.1, 0.15) is 25.3 Å². The van der Waals surface area contributed by atoms with Gasteiger partial charge in [0.25, 0.3) is 0 Å². The Morgan fingerprint density at radius 3 is 2.81 bits per heavy atom. The van der Waals surface area contributed by atoms with Gasteiger partial charge in [0.05, 0.1) is 19.2 Å². The van der Waals surface area contributed by atoms with Gasteiger partial charge in [0, 0.05) is 12.0 Å². The summed E-state index contributed by atoms with van der Waals surface area (Å²) in [5.41, 5.74) is 0.851. The van der Waals surface area contributed by atoms with Gasteiger partial charge in [-0.2, -0.15) is 5.10 Å². The molecule has 1 aromatic heterocycles. The molecule has 0 aliphatic carbocycles. The zero-order valence-corrected chi connectivity index (χ0v) is 9.37. The molecule has 1 aromatic rings. The van der Waals surface area contributed by atoms with E-state index in [2.05, 4.69) is 15.5 Å². The maximum atomic E-state index is 11.4. The topological polar surface area (TPSA) is 84.1 Å². The number of carbonyl (C=O) groups excluding carboxylic acids is 2. The highest BCUT2D eigenvalue weighted by Crippen LogP contribution is 2.09. The van der Waals surface area contributed by atoms with E-state index in [0.717, 1.165) is 5.56 Å². The van der Waals surface area contributed by atoms with Crippen molar-refractivity contribution in [3.63, 3.8) is 0 Å². The average Bonchev–Trinajstić information content (AvgIpc) is 2.62. The largest absolute Gasteiger partial charge is 0.466 e. The molecule has 1 rings (SSSR count). The van der Waals surface area contributed by atoms with Gasteiger partial charge in [-0.25, -0.2) is 0 Å². The third kappa shape index (κ3) is 3.72. The molecule has 2 N–H and O–H groups in total. The first-order valence-corrected chi connectivity index (χ1v) is 5.09. The van der Waals surface area contributed by atoms with Gasteiger partial charge in [-0.1, -0.05) is 0 Å². The summed E-state index contributed by atoms with van der Waals surface area (Å²) in [5, 5.41) is 9.04. The summed E-state index contributed by atoms with van der Waals surface area (Å²) in [6.07, 6.45) is 1.81. The Kier molecular flexibility index (Phi) is 4.50. The van der Waals surface area contributed by atoms with Crippen LogP contribution >= 0.6 is 0 Å². The van der Waals surface area contributed by atoms with Crippen molar-refractivity contribution in [2.45, 2.75) is 26.7 Å². The molecule has 1 heterocycles. The lowest BCUT2D eigenvalue weighted by Gasteiger charge is -2.03. The minimum absolute atomic E-state index is 0.0901. The van der Waals surface area contributed by atoms with Gasteiger partial charge >= 0.3 is 5.97 Å². The molecule has 6 heteroatoms. The number of hydrogen-bond acceptors (Lipinski definition) is 4. The van der Waals surface area contributed by atoms with Crippen molar-refractivity contribution in [3.8, 4) is 0 Å². The summed E-state index contributed by atoms with van der Waals surface area (Å²) in [6, 6.07) is 0. The van der Waals surface area contributed by atoms with Crippen molar-refractivity contribution in [3.05, 3.63) is 11.8 Å². The predicted octanol–water partition coefficient (Wildman–Crippen LogP) is 1.000. The molecule has 0 bridgehead atoms. The molecule has 88 valence electrons. The number of nitrogens with one attached hydrogen (secondary N) is 2. The molecule has 0 saturated carbocycles. The van der Waals surface area contributed by atoms with Crippen LogP contribution in [0.25, 0.3) is 0 Å². The highest BCUT2D eigenvalue weighted by molar-refractivity contribution is 5.92. The predicted molar refractivity (Wildman–Crippen MR) is 57.8 cm³/mol. The lowest BCUT2D eigenvalue weighted by Crippen LogP contribution is -2.15. The van der Waals surface area contributed by atoms with Crippen molar-refractivity contribution in [1.29, 1.82) is 0 Å². The molecule has 0 atom stereocenters. The van der Waals surface area contributed by atoms with Gasteiger partial charge in [0.15, 0.2) is 0 Å². The van der Waals surface area contributed by atoms with Crippen LogP contribution in [0.4, 0.5) is 5.82 Å². The van der Waals surface area contributed by atoms with Crippen LogP contribution in [0, 0.1) is 6.92 Å². The Balaban J connectivity index is 2.32. The van der Waals surface area contributed by atoms with E-state index in [1.165, 1.54) is 0 Å². The second kappa shape index (κ2) is 5.89. The monoisotopic (exact) mass is 225 g/mol. The van der Waals surface area contributed by atoms with E-state index in [1.807, 2.05) is 6.92 Å². The van der Waals surface area contributed by atoms with Crippen LogP contribution in [0.15, 0.2) is 6.20 Å². The van der Waals surface area contributed by atoms with Gasteiger partial charge < -0.3 is 10.1 Å². The smallest absolute Gasteiger partial charge is 0.306 e. The Bertz CT molecular complexity index is 373. The number of carbonyl (C=O) groups is 2. The van der Waals surface area contributed by atoms with E-state index in [0.29, 0.717) is 12.4 Å². The molecule has 0 aliphatic heterocycles. The van der Waals surface area contributed by atoms with Crippen molar-refractivity contribution < 1.29 is 14.3 Å². The minimum Gasteiger partial charge on any atom is -0.466 e. The second-order valence-corrected chi connectivity index (χ2v) is 3.28. The standard InChI is InChI=1S/C10H15N3O3/c1-3-16-9(15)5-4-8(14)12-10-7(2)6-11-13-10/h6H,3-5H2,1-2H3,(H2,11,12,13,14). The Morgan fingerprint density at radius 1 is 1.50 bits per heavy atom. The number of esters is 1. The van der Waals surface area contributed by atoms with Crippen LogP contribution in [0.2, 0.25) is 0 Å². The van der Waals surface area contributed by atoms with E-state index in [1.54, 1.807) is 13.1 Å². The van der Waals surface area contributed by atoms with E-state index >= 15 is 0 Å². The van der Waals surface area contributed by atoms with Gasteiger partial charge in [-0.05, 0) is 13.8 Å². The number of aryl methyl sites for hydroxylation is 1. The molecule has 0 spiro atoms. The van der Waals surface area contributed by atoms with Crippen LogP contribution in [-0.2, 0) is 14.3 Å². The molecular weight excluding hydrogens is 210 g/mol. The van der Waals surface area contributed by atoms with Gasteiger partial charge in [-0.3, -0.25) is 14.7 Å². The Morgan fingerprint density at radius 2 is 2.25 bits per heavy atom. The molecule has 16 heavy (non-hydrogen) atoms. The average molecular weight is 225 g/mol. The van der Waals surface area contributed by atoms with Crippen LogP contribution in [0.3, 0.4) is 0 Å². The van der Waals surface area contributed by atoms with Crippen molar-refractivity contribution >= 4 is 17.7 Å². The number of amides is 1. The maximum Gasteiger partial charge on any atom is 0.306 e. The van der Waals surface area contributed by atoms with Crippen molar-refractivity contribution in [1.82, 2.24) is 10.2 Å². The number of hydrogen-bond donors (Lipinski definition) is 2. The maximum absolute atomic E-state index is 11.4. The highest BCUT2D eigenvalue weighted by atomic mass is 16.5. The van der Waals surface area contributed by atoms with Gasteiger partial charge in [-0.15, -0.1) is 0 Å².